The maximum Gasteiger partial charge on any atom is 0.338 e. The number of rotatable bonds is 6. The second-order valence-corrected chi connectivity index (χ2v) is 6.20. The molecule has 0 aromatic heterocycles. The Labute approximate surface area is 136 Å². The molecular formula is C19H22O4. The van der Waals surface area contributed by atoms with E-state index in [1.807, 2.05) is 32.9 Å². The van der Waals surface area contributed by atoms with Crippen molar-refractivity contribution in [3.63, 3.8) is 0 Å². The fourth-order valence-electron chi connectivity index (χ4n) is 2.29. The molecule has 0 saturated carbocycles. The summed E-state index contributed by atoms with van der Waals surface area (Å²) in [7, 11) is 0. The molecule has 0 aliphatic carbocycles. The Morgan fingerprint density at radius 2 is 1.61 bits per heavy atom. The van der Waals surface area contributed by atoms with Crippen molar-refractivity contribution < 1.29 is 19.4 Å². The van der Waals surface area contributed by atoms with Crippen molar-refractivity contribution in [3.8, 4) is 0 Å². The van der Waals surface area contributed by atoms with Crippen LogP contribution < -0.4 is 0 Å². The molecule has 0 aliphatic heterocycles. The summed E-state index contributed by atoms with van der Waals surface area (Å²) in [5.74, 6) is -0.346. The van der Waals surface area contributed by atoms with Gasteiger partial charge in [0.2, 0.25) is 0 Å². The summed E-state index contributed by atoms with van der Waals surface area (Å²) in [6.07, 6.45) is 0.777. The Balaban J connectivity index is 2.32. The molecular weight excluding hydrogens is 292 g/mol. The second-order valence-electron chi connectivity index (χ2n) is 6.20. The number of benzene rings is 2. The molecule has 1 N–H and O–H groups in total. The maximum absolute atomic E-state index is 12.5. The maximum atomic E-state index is 12.5. The molecule has 0 radical (unpaired) electrons. The topological polar surface area (TPSA) is 63.6 Å². The lowest BCUT2D eigenvalue weighted by Gasteiger charge is -2.21. The Bertz CT molecular complexity index is 731. The van der Waals surface area contributed by atoms with Crippen molar-refractivity contribution in [2.75, 3.05) is 13.2 Å². The van der Waals surface area contributed by atoms with Crippen molar-refractivity contribution in [3.05, 3.63) is 47.5 Å². The van der Waals surface area contributed by atoms with E-state index in [1.54, 1.807) is 24.3 Å². The predicted molar refractivity (Wildman–Crippen MR) is 89.7 cm³/mol. The van der Waals surface area contributed by atoms with Crippen LogP contribution >= 0.6 is 0 Å². The lowest BCUT2D eigenvalue weighted by Crippen LogP contribution is -2.23. The molecule has 0 heterocycles. The fourth-order valence-corrected chi connectivity index (χ4v) is 2.29. The summed E-state index contributed by atoms with van der Waals surface area (Å²) in [5, 5.41) is 10.5. The molecule has 0 bridgehead atoms. The van der Waals surface area contributed by atoms with Gasteiger partial charge < -0.3 is 9.84 Å². The van der Waals surface area contributed by atoms with Gasteiger partial charge >= 0.3 is 5.97 Å². The zero-order chi connectivity index (χ0) is 17.0. The van der Waals surface area contributed by atoms with Crippen molar-refractivity contribution >= 4 is 22.5 Å². The standard InChI is InChI=1S/C19H22O4/c1-4-19(2,3)17(21)15-7-5-14-12-16(8-6-13(14)11-15)18(22)23-10-9-20/h5-8,11-12,20H,4,9-10H2,1-3H3. The number of carbonyl (C=O) groups excluding carboxylic acids is 2. The Morgan fingerprint density at radius 1 is 1.04 bits per heavy atom. The number of hydrogen-bond acceptors (Lipinski definition) is 4. The average molecular weight is 314 g/mol. The molecule has 2 aromatic rings. The Kier molecular flexibility index (Phi) is 5.16. The highest BCUT2D eigenvalue weighted by molar-refractivity contribution is 6.04. The van der Waals surface area contributed by atoms with Crippen LogP contribution in [0.1, 0.15) is 47.9 Å². The highest BCUT2D eigenvalue weighted by Crippen LogP contribution is 2.27. The molecule has 0 amide bonds. The minimum Gasteiger partial charge on any atom is -0.460 e. The van der Waals surface area contributed by atoms with Crippen LogP contribution in [-0.2, 0) is 4.74 Å². The number of carbonyl (C=O) groups is 2. The third-order valence-corrected chi connectivity index (χ3v) is 4.16. The van der Waals surface area contributed by atoms with E-state index in [0.717, 1.165) is 17.2 Å². The van der Waals surface area contributed by atoms with Gasteiger partial charge in [-0.2, -0.15) is 0 Å². The van der Waals surface area contributed by atoms with Crippen molar-refractivity contribution in [2.45, 2.75) is 27.2 Å². The number of aliphatic hydroxyl groups is 1. The summed E-state index contributed by atoms with van der Waals surface area (Å²) >= 11 is 0. The molecule has 0 fully saturated rings. The average Bonchev–Trinajstić information content (AvgIpc) is 2.57. The zero-order valence-electron chi connectivity index (χ0n) is 13.8. The van der Waals surface area contributed by atoms with Crippen LogP contribution in [0.15, 0.2) is 36.4 Å². The number of Topliss-reactive ketones (excluding diaryl/α,β-unsaturated/α-hetero) is 1. The summed E-state index contributed by atoms with van der Waals surface area (Å²) in [5.41, 5.74) is 0.723. The van der Waals surface area contributed by atoms with E-state index in [4.69, 9.17) is 9.84 Å². The van der Waals surface area contributed by atoms with Gasteiger partial charge in [0.15, 0.2) is 5.78 Å². The van der Waals surface area contributed by atoms with Crippen LogP contribution in [0.2, 0.25) is 0 Å². The van der Waals surface area contributed by atoms with Crippen LogP contribution in [0.5, 0.6) is 0 Å². The number of ketones is 1. The quantitative estimate of drug-likeness (QED) is 0.653. The normalized spacial score (nSPS) is 11.5. The molecule has 2 rings (SSSR count). The van der Waals surface area contributed by atoms with Gasteiger partial charge in [0.25, 0.3) is 0 Å². The van der Waals surface area contributed by atoms with Crippen LogP contribution in [-0.4, -0.2) is 30.1 Å². The van der Waals surface area contributed by atoms with E-state index in [9.17, 15) is 9.59 Å². The number of hydrogen-bond donors (Lipinski definition) is 1. The minimum absolute atomic E-state index is 0.0174. The first-order valence-corrected chi connectivity index (χ1v) is 7.75. The molecule has 0 saturated heterocycles. The van der Waals surface area contributed by atoms with E-state index < -0.39 is 5.97 Å². The predicted octanol–water partition coefficient (Wildman–Crippen LogP) is 3.61. The third-order valence-electron chi connectivity index (χ3n) is 4.16. The van der Waals surface area contributed by atoms with Gasteiger partial charge in [-0.25, -0.2) is 4.79 Å². The first-order valence-electron chi connectivity index (χ1n) is 7.75. The second kappa shape index (κ2) is 6.92. The molecule has 4 heteroatoms. The summed E-state index contributed by atoms with van der Waals surface area (Å²) in [6.45, 7) is 5.68. The van der Waals surface area contributed by atoms with Crippen LogP contribution in [0.25, 0.3) is 10.8 Å². The molecule has 0 spiro atoms. The van der Waals surface area contributed by atoms with E-state index >= 15 is 0 Å². The van der Waals surface area contributed by atoms with Crippen LogP contribution in [0.3, 0.4) is 0 Å². The van der Waals surface area contributed by atoms with E-state index in [1.165, 1.54) is 0 Å². The SMILES string of the molecule is CCC(C)(C)C(=O)c1ccc2cc(C(=O)OCCO)ccc2c1. The molecule has 23 heavy (non-hydrogen) atoms. The minimum atomic E-state index is -0.465. The van der Waals surface area contributed by atoms with Gasteiger partial charge in [0.05, 0.1) is 12.2 Å². The molecule has 4 nitrogen and oxygen atoms in total. The van der Waals surface area contributed by atoms with E-state index in [-0.39, 0.29) is 24.4 Å². The van der Waals surface area contributed by atoms with Crippen LogP contribution in [0.4, 0.5) is 0 Å². The van der Waals surface area contributed by atoms with Crippen molar-refractivity contribution in [2.24, 2.45) is 5.41 Å². The number of esters is 1. The van der Waals surface area contributed by atoms with Gasteiger partial charge in [-0.15, -0.1) is 0 Å². The van der Waals surface area contributed by atoms with Gasteiger partial charge in [-0.05, 0) is 35.4 Å². The third kappa shape index (κ3) is 3.77. The Morgan fingerprint density at radius 3 is 2.17 bits per heavy atom. The monoisotopic (exact) mass is 314 g/mol. The largest absolute Gasteiger partial charge is 0.460 e. The van der Waals surface area contributed by atoms with Crippen molar-refractivity contribution in [1.82, 2.24) is 0 Å². The van der Waals surface area contributed by atoms with E-state index in [2.05, 4.69) is 0 Å². The lowest BCUT2D eigenvalue weighted by molar-refractivity contribution is 0.0434. The summed E-state index contributed by atoms with van der Waals surface area (Å²) < 4.78 is 4.90. The summed E-state index contributed by atoms with van der Waals surface area (Å²) in [6, 6.07) is 10.7. The Hall–Kier alpha value is -2.20. The smallest absolute Gasteiger partial charge is 0.338 e. The molecule has 0 atom stereocenters. The summed E-state index contributed by atoms with van der Waals surface area (Å²) in [4.78, 5) is 24.3. The van der Waals surface area contributed by atoms with Gasteiger partial charge in [-0.3, -0.25) is 4.79 Å². The molecule has 2 aromatic carbocycles. The molecule has 0 unspecified atom stereocenters. The highest BCUT2D eigenvalue weighted by Gasteiger charge is 2.26. The lowest BCUT2D eigenvalue weighted by atomic mass is 9.81. The fraction of sp³-hybridized carbons (Fsp3) is 0.368. The first-order chi connectivity index (χ1) is 10.9. The van der Waals surface area contributed by atoms with Gasteiger partial charge in [-0.1, -0.05) is 39.0 Å². The number of fused-ring (bicyclic) bond motifs is 1. The van der Waals surface area contributed by atoms with E-state index in [0.29, 0.717) is 11.1 Å². The van der Waals surface area contributed by atoms with Gasteiger partial charge in [0.1, 0.15) is 6.61 Å². The highest BCUT2D eigenvalue weighted by atomic mass is 16.5. The molecule has 122 valence electrons. The number of ether oxygens (including phenoxy) is 1. The zero-order valence-corrected chi connectivity index (χ0v) is 13.8. The first kappa shape index (κ1) is 17.2. The van der Waals surface area contributed by atoms with Gasteiger partial charge in [0, 0.05) is 11.0 Å². The number of aliphatic hydroxyl groups excluding tert-OH is 1. The molecule has 0 aliphatic rings. The van der Waals surface area contributed by atoms with Crippen molar-refractivity contribution in [1.29, 1.82) is 0 Å². The van der Waals surface area contributed by atoms with Crippen LogP contribution in [0, 0.1) is 5.41 Å².